The number of ketones is 2. The van der Waals surface area contributed by atoms with E-state index in [4.69, 9.17) is 4.52 Å². The van der Waals surface area contributed by atoms with Crippen LogP contribution in [-0.2, 0) is 17.6 Å². The lowest BCUT2D eigenvalue weighted by atomic mass is 9.75. The molecule has 2 aliphatic carbocycles. The second-order valence-corrected chi connectivity index (χ2v) is 10.7. The number of hydrogen-bond donors (Lipinski definition) is 2. The average molecular weight is 499 g/mol. The smallest absolute Gasteiger partial charge is 0.168 e. The maximum Gasteiger partial charge on any atom is 0.168 e. The molecule has 1 heterocycles. The van der Waals surface area contributed by atoms with Gasteiger partial charge in [0.25, 0.3) is 0 Å². The number of aliphatic hydroxyl groups excluding tert-OH is 1. The van der Waals surface area contributed by atoms with Crippen LogP contribution in [0.4, 0.5) is 5.69 Å². The summed E-state index contributed by atoms with van der Waals surface area (Å²) in [7, 11) is 0. The first-order valence-corrected chi connectivity index (χ1v) is 12.6. The minimum atomic E-state index is -0.350. The van der Waals surface area contributed by atoms with Crippen molar-refractivity contribution < 1.29 is 24.3 Å². The minimum absolute atomic E-state index is 0.000572. The molecule has 0 aliphatic heterocycles. The zero-order valence-electron chi connectivity index (χ0n) is 21.0. The molecular formula is C30H30N2O5. The van der Waals surface area contributed by atoms with Crippen molar-refractivity contribution in [2.24, 2.45) is 10.4 Å². The molecule has 0 spiro atoms. The Labute approximate surface area is 215 Å². The number of hydrogen-bond acceptors (Lipinski definition) is 7. The Balaban J connectivity index is 1.45. The molecule has 7 heteroatoms. The quantitative estimate of drug-likeness (QED) is 0.391. The number of fused-ring (bicyclic) bond motifs is 1. The minimum Gasteiger partial charge on any atom is -0.511 e. The Kier molecular flexibility index (Phi) is 6.54. The van der Waals surface area contributed by atoms with Crippen molar-refractivity contribution in [3.63, 3.8) is 0 Å². The molecule has 0 saturated heterocycles. The maximum atomic E-state index is 13.1. The van der Waals surface area contributed by atoms with E-state index in [0.29, 0.717) is 54.1 Å². The van der Waals surface area contributed by atoms with E-state index < -0.39 is 0 Å². The van der Waals surface area contributed by atoms with Crippen LogP contribution in [0.15, 0.2) is 75.4 Å². The molecule has 0 fully saturated rings. The van der Waals surface area contributed by atoms with E-state index in [1.54, 1.807) is 18.2 Å². The number of benzene rings is 2. The number of aromatic nitrogens is 1. The number of para-hydroxylation sites is 2. The lowest BCUT2D eigenvalue weighted by Crippen LogP contribution is -2.29. The molecule has 2 aromatic carbocycles. The molecule has 0 amide bonds. The number of aliphatic hydroxyl groups is 1. The van der Waals surface area contributed by atoms with Crippen molar-refractivity contribution >= 4 is 23.0 Å². The number of aromatic hydroxyl groups is 1. The predicted molar refractivity (Wildman–Crippen MR) is 140 cm³/mol. The second-order valence-electron chi connectivity index (χ2n) is 10.7. The Morgan fingerprint density at radius 3 is 2.46 bits per heavy atom. The second kappa shape index (κ2) is 9.81. The van der Waals surface area contributed by atoms with Crippen molar-refractivity contribution in [1.82, 2.24) is 5.16 Å². The number of allylic oxidation sites excluding steroid dienone is 2. The molecule has 1 aromatic heterocycles. The molecule has 1 unspecified atom stereocenters. The summed E-state index contributed by atoms with van der Waals surface area (Å²) >= 11 is 0. The zero-order valence-corrected chi connectivity index (χ0v) is 21.0. The molecule has 0 radical (unpaired) electrons. The molecule has 5 rings (SSSR count). The third-order valence-electron chi connectivity index (χ3n) is 7.12. The first-order valence-electron chi connectivity index (χ1n) is 12.6. The fourth-order valence-corrected chi connectivity index (χ4v) is 5.36. The summed E-state index contributed by atoms with van der Waals surface area (Å²) in [6.45, 7) is 3.88. The van der Waals surface area contributed by atoms with Crippen LogP contribution in [0.5, 0.6) is 5.75 Å². The summed E-state index contributed by atoms with van der Waals surface area (Å²) in [5.41, 5.74) is 2.65. The maximum absolute atomic E-state index is 13.1. The van der Waals surface area contributed by atoms with Crippen LogP contribution in [-0.4, -0.2) is 32.6 Å². The van der Waals surface area contributed by atoms with Crippen molar-refractivity contribution in [3.05, 3.63) is 88.5 Å². The fourth-order valence-electron chi connectivity index (χ4n) is 5.36. The van der Waals surface area contributed by atoms with E-state index >= 15 is 0 Å². The summed E-state index contributed by atoms with van der Waals surface area (Å²) < 4.78 is 5.61. The summed E-state index contributed by atoms with van der Waals surface area (Å²) in [5, 5.41) is 25.4. The van der Waals surface area contributed by atoms with Gasteiger partial charge in [-0.3, -0.25) is 9.59 Å². The predicted octanol–water partition coefficient (Wildman–Crippen LogP) is 6.20. The van der Waals surface area contributed by atoms with E-state index in [0.717, 1.165) is 5.56 Å². The number of phenolic OH excluding ortho intramolecular Hbond substituents is 1. The largest absolute Gasteiger partial charge is 0.511 e. The Bertz CT molecular complexity index is 1410. The van der Waals surface area contributed by atoms with E-state index in [2.05, 4.69) is 10.1 Å². The third-order valence-corrected chi connectivity index (χ3v) is 7.12. The van der Waals surface area contributed by atoms with Gasteiger partial charge in [0.2, 0.25) is 0 Å². The highest BCUT2D eigenvalue weighted by Gasteiger charge is 2.36. The third kappa shape index (κ3) is 5.12. The lowest BCUT2D eigenvalue weighted by Gasteiger charge is -2.30. The zero-order chi connectivity index (χ0) is 26.2. The van der Waals surface area contributed by atoms with E-state index in [-0.39, 0.29) is 52.8 Å². The number of nitrogens with zero attached hydrogens (tertiary/aromatic N) is 2. The lowest BCUT2D eigenvalue weighted by molar-refractivity contribution is -0.118. The monoisotopic (exact) mass is 498 g/mol. The molecule has 1 atom stereocenters. The van der Waals surface area contributed by atoms with Gasteiger partial charge in [0.1, 0.15) is 23.0 Å². The first kappa shape index (κ1) is 24.7. The fraction of sp³-hybridized carbons (Fsp3) is 0.333. The van der Waals surface area contributed by atoms with Crippen LogP contribution in [0.2, 0.25) is 0 Å². The number of phenols is 1. The van der Waals surface area contributed by atoms with E-state index in [9.17, 15) is 19.8 Å². The summed E-state index contributed by atoms with van der Waals surface area (Å²) in [5.74, 6) is 0.404. The van der Waals surface area contributed by atoms with Gasteiger partial charge in [0.05, 0.1) is 22.5 Å². The number of carbonyl (C=O) groups excluding carboxylic acids is 2. The Hall–Kier alpha value is -4.00. The van der Waals surface area contributed by atoms with Gasteiger partial charge in [-0.1, -0.05) is 61.5 Å². The van der Waals surface area contributed by atoms with Crippen molar-refractivity contribution in [3.8, 4) is 5.75 Å². The topological polar surface area (TPSA) is 113 Å². The summed E-state index contributed by atoms with van der Waals surface area (Å²) in [4.78, 5) is 30.8. The van der Waals surface area contributed by atoms with Gasteiger partial charge >= 0.3 is 0 Å². The number of carbonyl (C=O) groups is 2. The SMILES string of the molecule is CC1(C)CC(=O)C(C(CCc2noc3c2C(=O)CC(c2ccccc2)C3)=Nc2ccccc2O)=C(O)C1. The molecule has 7 nitrogen and oxygen atoms in total. The van der Waals surface area contributed by atoms with Crippen molar-refractivity contribution in [2.75, 3.05) is 0 Å². The van der Waals surface area contributed by atoms with Gasteiger partial charge < -0.3 is 14.7 Å². The van der Waals surface area contributed by atoms with Gasteiger partial charge in [0, 0.05) is 25.7 Å². The van der Waals surface area contributed by atoms with Crippen LogP contribution in [0.1, 0.15) is 72.8 Å². The Morgan fingerprint density at radius 1 is 1.00 bits per heavy atom. The van der Waals surface area contributed by atoms with Crippen molar-refractivity contribution in [2.45, 2.75) is 58.3 Å². The molecule has 190 valence electrons. The Morgan fingerprint density at radius 2 is 1.73 bits per heavy atom. The van der Waals surface area contributed by atoms with Gasteiger partial charge in [-0.15, -0.1) is 0 Å². The molecule has 2 N–H and O–H groups in total. The normalized spacial score (nSPS) is 19.7. The van der Waals surface area contributed by atoms with Gasteiger partial charge in [0.15, 0.2) is 11.6 Å². The van der Waals surface area contributed by atoms with Crippen LogP contribution in [0.25, 0.3) is 0 Å². The molecule has 37 heavy (non-hydrogen) atoms. The number of aliphatic imine (C=N–C) groups is 1. The van der Waals surface area contributed by atoms with E-state index in [1.165, 1.54) is 6.07 Å². The number of Topliss-reactive ketones (excluding diaryl/α,β-unsaturated/α-hetero) is 2. The molecular weight excluding hydrogens is 468 g/mol. The highest BCUT2D eigenvalue weighted by molar-refractivity contribution is 6.24. The molecule has 0 bridgehead atoms. The highest BCUT2D eigenvalue weighted by atomic mass is 16.5. The van der Waals surface area contributed by atoms with Crippen molar-refractivity contribution in [1.29, 1.82) is 0 Å². The van der Waals surface area contributed by atoms with Crippen LogP contribution in [0, 0.1) is 5.41 Å². The van der Waals surface area contributed by atoms with Crippen LogP contribution < -0.4 is 0 Å². The summed E-state index contributed by atoms with van der Waals surface area (Å²) in [6, 6.07) is 16.5. The molecule has 3 aromatic rings. The van der Waals surface area contributed by atoms with Gasteiger partial charge in [-0.2, -0.15) is 0 Å². The number of rotatable bonds is 6. The highest BCUT2D eigenvalue weighted by Crippen LogP contribution is 2.38. The van der Waals surface area contributed by atoms with Crippen LogP contribution in [0.3, 0.4) is 0 Å². The summed E-state index contributed by atoms with van der Waals surface area (Å²) in [6.07, 6.45) is 2.16. The number of aryl methyl sites for hydroxylation is 1. The standard InChI is InChI=1S/C30H30N2O5/c1-30(2)16-25(35)28(26(36)17-30)21(31-20-10-6-7-11-23(20)33)12-13-22-29-24(34)14-19(15-27(29)37-32-22)18-8-4-3-5-9-18/h3-11,19,33,35H,12-17H2,1-2H3. The van der Waals surface area contributed by atoms with Crippen LogP contribution >= 0.6 is 0 Å². The average Bonchev–Trinajstić information content (AvgIpc) is 3.26. The molecule has 2 aliphatic rings. The van der Waals surface area contributed by atoms with Gasteiger partial charge in [-0.25, -0.2) is 4.99 Å². The van der Waals surface area contributed by atoms with Gasteiger partial charge in [-0.05, 0) is 41.9 Å². The molecule has 0 saturated carbocycles. The first-order chi connectivity index (χ1) is 17.7. The van der Waals surface area contributed by atoms with E-state index in [1.807, 2.05) is 44.2 Å².